The second kappa shape index (κ2) is 9.83. The number of nitrogens with zero attached hydrogens (tertiary/aromatic N) is 1. The maximum absolute atomic E-state index is 12.2. The van der Waals surface area contributed by atoms with Gasteiger partial charge < -0.3 is 10.1 Å². The van der Waals surface area contributed by atoms with E-state index in [0.717, 1.165) is 12.3 Å². The Balaban J connectivity index is 1.84. The van der Waals surface area contributed by atoms with Crippen LogP contribution in [0.25, 0.3) is 0 Å². The summed E-state index contributed by atoms with van der Waals surface area (Å²) in [7, 11) is -3.41. The summed E-state index contributed by atoms with van der Waals surface area (Å²) in [6.45, 7) is 5.58. The first-order valence-electron chi connectivity index (χ1n) is 8.91. The molecule has 0 amide bonds. The first-order chi connectivity index (χ1) is 12.4. The minimum atomic E-state index is -3.41. The molecule has 2 N–H and O–H groups in total. The summed E-state index contributed by atoms with van der Waals surface area (Å²) in [6, 6.07) is 7.69. The second-order valence-corrected chi connectivity index (χ2v) is 8.63. The van der Waals surface area contributed by atoms with Gasteiger partial charge in [-0.05, 0) is 43.0 Å². The molecule has 0 aromatic heterocycles. The molecule has 2 atom stereocenters. The van der Waals surface area contributed by atoms with E-state index in [1.807, 2.05) is 24.3 Å². The Morgan fingerprint density at radius 2 is 2.08 bits per heavy atom. The lowest BCUT2D eigenvalue weighted by Gasteiger charge is -2.21. The Morgan fingerprint density at radius 3 is 2.73 bits per heavy atom. The van der Waals surface area contributed by atoms with E-state index in [0.29, 0.717) is 25.4 Å². The molecule has 0 radical (unpaired) electrons. The Morgan fingerprint density at radius 1 is 1.35 bits per heavy atom. The lowest BCUT2D eigenvalue weighted by atomic mass is 10.0. The van der Waals surface area contributed by atoms with Gasteiger partial charge in [-0.3, -0.25) is 0 Å². The van der Waals surface area contributed by atoms with Gasteiger partial charge in [-0.2, -0.15) is 0 Å². The molecule has 0 spiro atoms. The zero-order chi connectivity index (χ0) is 19.0. The highest BCUT2D eigenvalue weighted by molar-refractivity contribution is 7.89. The number of aliphatic imine (C=N–C) groups is 1. The number of hydrogen-bond donors (Lipinski definition) is 2. The van der Waals surface area contributed by atoms with Gasteiger partial charge in [0, 0.05) is 6.04 Å². The van der Waals surface area contributed by atoms with Gasteiger partial charge in [0.25, 0.3) is 0 Å². The van der Waals surface area contributed by atoms with Crippen LogP contribution >= 0.6 is 0 Å². The van der Waals surface area contributed by atoms with Crippen molar-refractivity contribution in [2.45, 2.75) is 44.7 Å². The molecule has 0 saturated carbocycles. The molecule has 1 aliphatic heterocycles. The highest BCUT2D eigenvalue weighted by Gasteiger charge is 2.30. The molecule has 1 aliphatic rings. The Bertz CT molecular complexity index is 712. The molecule has 0 bridgehead atoms. The Hall–Kier alpha value is -1.73. The molecule has 7 nitrogen and oxygen atoms in total. The molecule has 26 heavy (non-hydrogen) atoms. The molecule has 0 aliphatic carbocycles. The van der Waals surface area contributed by atoms with E-state index in [4.69, 9.17) is 4.74 Å². The quantitative estimate of drug-likeness (QED) is 0.364. The van der Waals surface area contributed by atoms with Crippen LogP contribution in [0, 0.1) is 0 Å². The number of hydrogen-bond acceptors (Lipinski definition) is 6. The van der Waals surface area contributed by atoms with Gasteiger partial charge in [0.1, 0.15) is 12.4 Å². The van der Waals surface area contributed by atoms with Gasteiger partial charge >= 0.3 is 0 Å². The third-order valence-electron chi connectivity index (χ3n) is 4.40. The standard InChI is InChI=1S/C18H27N3O4S/c1-14(2)15-4-6-16(7-5-15)25-12-18-17(8-10-20-18)21-26(23,24)11-3-9-19-13-22/h4-7,14,17-18,20-21H,3,8-12H2,1-2H3/t17-,18-/m0/s1. The fourth-order valence-corrected chi connectivity index (χ4v) is 4.26. The van der Waals surface area contributed by atoms with Crippen LogP contribution in [-0.4, -0.2) is 52.0 Å². The summed E-state index contributed by atoms with van der Waals surface area (Å²) < 4.78 is 32.9. The Labute approximate surface area is 155 Å². The highest BCUT2D eigenvalue weighted by Crippen LogP contribution is 2.19. The molecule has 2 rings (SSSR count). The first-order valence-corrected chi connectivity index (χ1v) is 10.6. The van der Waals surface area contributed by atoms with Crippen molar-refractivity contribution in [3.63, 3.8) is 0 Å². The lowest BCUT2D eigenvalue weighted by molar-refractivity contribution is 0.263. The summed E-state index contributed by atoms with van der Waals surface area (Å²) >= 11 is 0. The molecular formula is C18H27N3O4S. The predicted octanol–water partition coefficient (Wildman–Crippen LogP) is 1.56. The maximum atomic E-state index is 12.2. The molecule has 1 fully saturated rings. The third-order valence-corrected chi connectivity index (χ3v) is 5.89. The van der Waals surface area contributed by atoms with E-state index in [2.05, 4.69) is 28.9 Å². The highest BCUT2D eigenvalue weighted by atomic mass is 32.2. The molecule has 1 saturated heterocycles. The van der Waals surface area contributed by atoms with Crippen LogP contribution in [-0.2, 0) is 14.8 Å². The number of ether oxygens (including phenoxy) is 1. The van der Waals surface area contributed by atoms with Gasteiger partial charge in [-0.15, -0.1) is 0 Å². The van der Waals surface area contributed by atoms with E-state index in [9.17, 15) is 13.2 Å². The molecular weight excluding hydrogens is 354 g/mol. The van der Waals surface area contributed by atoms with E-state index in [1.54, 1.807) is 0 Å². The summed E-state index contributed by atoms with van der Waals surface area (Å²) in [5, 5.41) is 3.28. The number of isocyanates is 1. The Kier molecular flexibility index (Phi) is 7.78. The van der Waals surface area contributed by atoms with Crippen LogP contribution in [0.15, 0.2) is 29.3 Å². The largest absolute Gasteiger partial charge is 0.492 e. The second-order valence-electron chi connectivity index (χ2n) is 6.75. The fraction of sp³-hybridized carbons (Fsp3) is 0.611. The van der Waals surface area contributed by atoms with E-state index < -0.39 is 10.0 Å². The van der Waals surface area contributed by atoms with Crippen molar-refractivity contribution in [1.82, 2.24) is 10.0 Å². The van der Waals surface area contributed by atoms with Crippen LogP contribution in [0.2, 0.25) is 0 Å². The van der Waals surface area contributed by atoms with Crippen LogP contribution < -0.4 is 14.8 Å². The van der Waals surface area contributed by atoms with E-state index >= 15 is 0 Å². The summed E-state index contributed by atoms with van der Waals surface area (Å²) in [5.74, 6) is 1.19. The molecule has 1 heterocycles. The van der Waals surface area contributed by atoms with Crippen molar-refractivity contribution >= 4 is 16.1 Å². The average molecular weight is 381 g/mol. The summed E-state index contributed by atoms with van der Waals surface area (Å²) in [4.78, 5) is 13.4. The molecule has 0 unspecified atom stereocenters. The zero-order valence-electron chi connectivity index (χ0n) is 15.3. The van der Waals surface area contributed by atoms with Gasteiger partial charge in [-0.1, -0.05) is 26.0 Å². The van der Waals surface area contributed by atoms with E-state index in [1.165, 1.54) is 11.6 Å². The number of sulfonamides is 1. The summed E-state index contributed by atoms with van der Waals surface area (Å²) in [5.41, 5.74) is 1.25. The van der Waals surface area contributed by atoms with Gasteiger partial charge in [-0.25, -0.2) is 22.9 Å². The summed E-state index contributed by atoms with van der Waals surface area (Å²) in [6.07, 6.45) is 2.42. The van der Waals surface area contributed by atoms with Crippen molar-refractivity contribution in [3.8, 4) is 5.75 Å². The number of rotatable bonds is 10. The monoisotopic (exact) mass is 381 g/mol. The molecule has 1 aromatic carbocycles. The lowest BCUT2D eigenvalue weighted by Crippen LogP contribution is -2.47. The van der Waals surface area contributed by atoms with Crippen LogP contribution in [0.1, 0.15) is 38.2 Å². The average Bonchev–Trinajstić information content (AvgIpc) is 3.03. The van der Waals surface area contributed by atoms with Crippen LogP contribution in [0.3, 0.4) is 0 Å². The van der Waals surface area contributed by atoms with Crippen LogP contribution in [0.4, 0.5) is 0 Å². The van der Waals surface area contributed by atoms with Crippen molar-refractivity contribution < 1.29 is 17.9 Å². The van der Waals surface area contributed by atoms with E-state index in [-0.39, 0.29) is 24.4 Å². The zero-order valence-corrected chi connectivity index (χ0v) is 16.1. The number of carbonyl (C=O) groups excluding carboxylic acids is 1. The van der Waals surface area contributed by atoms with Gasteiger partial charge in [0.15, 0.2) is 0 Å². The molecule has 144 valence electrons. The number of benzene rings is 1. The van der Waals surface area contributed by atoms with Crippen molar-refractivity contribution in [3.05, 3.63) is 29.8 Å². The first kappa shape index (κ1) is 20.6. The molecule has 1 aromatic rings. The van der Waals surface area contributed by atoms with Crippen molar-refractivity contribution in [2.24, 2.45) is 4.99 Å². The van der Waals surface area contributed by atoms with Crippen LogP contribution in [0.5, 0.6) is 5.75 Å². The van der Waals surface area contributed by atoms with Gasteiger partial charge in [0.2, 0.25) is 16.1 Å². The minimum Gasteiger partial charge on any atom is -0.492 e. The predicted molar refractivity (Wildman–Crippen MR) is 101 cm³/mol. The third kappa shape index (κ3) is 6.53. The maximum Gasteiger partial charge on any atom is 0.234 e. The smallest absolute Gasteiger partial charge is 0.234 e. The van der Waals surface area contributed by atoms with Crippen molar-refractivity contribution in [1.29, 1.82) is 0 Å². The number of nitrogens with one attached hydrogen (secondary N) is 2. The topological polar surface area (TPSA) is 96.9 Å². The van der Waals surface area contributed by atoms with Gasteiger partial charge in [0.05, 0.1) is 18.3 Å². The SMILES string of the molecule is CC(C)c1ccc(OC[C@@H]2NCC[C@@H]2NS(=O)(=O)CCCN=C=O)cc1. The molecule has 8 heteroatoms. The fourth-order valence-electron chi connectivity index (χ4n) is 2.89. The minimum absolute atomic E-state index is 0.0566. The van der Waals surface area contributed by atoms with Crippen molar-refractivity contribution in [2.75, 3.05) is 25.4 Å². The normalized spacial score (nSPS) is 20.1.